The summed E-state index contributed by atoms with van der Waals surface area (Å²) in [7, 11) is 0. The number of fused-ring (bicyclic) bond motifs is 1. The predicted molar refractivity (Wildman–Crippen MR) is 91.6 cm³/mol. The molecule has 3 rings (SSSR count). The van der Waals surface area contributed by atoms with Crippen LogP contribution < -0.4 is 10.9 Å². The summed E-state index contributed by atoms with van der Waals surface area (Å²) < 4.78 is 0. The average molecular weight is 328 g/mol. The molecule has 0 saturated carbocycles. The third-order valence-corrected chi connectivity index (χ3v) is 5.39. The van der Waals surface area contributed by atoms with Gasteiger partial charge < -0.3 is 0 Å². The molecule has 0 spiro atoms. The molecule has 1 atom stereocenters. The molecule has 0 radical (unpaired) electrons. The molecule has 0 fully saturated rings. The Bertz CT molecular complexity index is 734. The monoisotopic (exact) mass is 328 g/mol. The molecule has 1 heterocycles. The standard InChI is InChI=1S/C18H20N2O2S/c1-11-3-6-13(7-4-11)17(21)19-20-18(22)16-10-14-9-12(2)5-8-15(14)23-16/h3-4,6-7,10,12H,5,8-9H2,1-2H3,(H,19,21)(H,20,22)/t12-/m0/s1. The van der Waals surface area contributed by atoms with Gasteiger partial charge in [-0.05, 0) is 55.9 Å². The maximum atomic E-state index is 12.2. The largest absolute Gasteiger partial charge is 0.279 e. The molecule has 2 N–H and O–H groups in total. The van der Waals surface area contributed by atoms with E-state index in [0.29, 0.717) is 16.4 Å². The molecule has 4 nitrogen and oxygen atoms in total. The molecule has 2 aromatic rings. The lowest BCUT2D eigenvalue weighted by atomic mass is 9.90. The molecule has 120 valence electrons. The highest BCUT2D eigenvalue weighted by Gasteiger charge is 2.20. The molecule has 1 aromatic carbocycles. The van der Waals surface area contributed by atoms with Crippen LogP contribution in [0.2, 0.25) is 0 Å². The number of benzene rings is 1. The van der Waals surface area contributed by atoms with Gasteiger partial charge in [-0.15, -0.1) is 11.3 Å². The minimum Gasteiger partial charge on any atom is -0.267 e. The van der Waals surface area contributed by atoms with Gasteiger partial charge in [0.1, 0.15) is 0 Å². The second-order valence-electron chi connectivity index (χ2n) is 6.18. The van der Waals surface area contributed by atoms with Crippen molar-refractivity contribution in [1.82, 2.24) is 10.9 Å². The first-order valence-corrected chi connectivity index (χ1v) is 8.63. The van der Waals surface area contributed by atoms with Crippen LogP contribution >= 0.6 is 11.3 Å². The normalized spacial score (nSPS) is 16.5. The summed E-state index contributed by atoms with van der Waals surface area (Å²) in [5.41, 5.74) is 7.87. The molecule has 2 amide bonds. The van der Waals surface area contributed by atoms with E-state index in [4.69, 9.17) is 0 Å². The highest BCUT2D eigenvalue weighted by atomic mass is 32.1. The second-order valence-corrected chi connectivity index (χ2v) is 7.32. The quantitative estimate of drug-likeness (QED) is 0.831. The van der Waals surface area contributed by atoms with Gasteiger partial charge in [-0.3, -0.25) is 20.4 Å². The summed E-state index contributed by atoms with van der Waals surface area (Å²) in [6, 6.07) is 9.17. The third kappa shape index (κ3) is 3.62. The van der Waals surface area contributed by atoms with Crippen molar-refractivity contribution in [3.63, 3.8) is 0 Å². The van der Waals surface area contributed by atoms with Gasteiger partial charge in [0, 0.05) is 10.4 Å². The summed E-state index contributed by atoms with van der Waals surface area (Å²) in [6.07, 6.45) is 3.26. The predicted octanol–water partition coefficient (Wildman–Crippen LogP) is 3.26. The number of carbonyl (C=O) groups is 2. The Balaban J connectivity index is 1.61. The fourth-order valence-electron chi connectivity index (χ4n) is 2.77. The van der Waals surface area contributed by atoms with E-state index in [0.717, 1.165) is 18.4 Å². The Morgan fingerprint density at radius 1 is 1.13 bits per heavy atom. The highest BCUT2D eigenvalue weighted by Crippen LogP contribution is 2.32. The molecular weight excluding hydrogens is 308 g/mol. The van der Waals surface area contributed by atoms with Crippen LogP contribution in [-0.4, -0.2) is 11.8 Å². The lowest BCUT2D eigenvalue weighted by molar-refractivity contribution is 0.0849. The fourth-order valence-corrected chi connectivity index (χ4v) is 3.87. The van der Waals surface area contributed by atoms with E-state index in [2.05, 4.69) is 17.8 Å². The van der Waals surface area contributed by atoms with Crippen LogP contribution in [-0.2, 0) is 12.8 Å². The number of hydrogen-bond acceptors (Lipinski definition) is 3. The first-order valence-electron chi connectivity index (χ1n) is 7.82. The van der Waals surface area contributed by atoms with Crippen molar-refractivity contribution >= 4 is 23.2 Å². The first kappa shape index (κ1) is 15.7. The molecule has 0 saturated heterocycles. The van der Waals surface area contributed by atoms with E-state index in [1.165, 1.54) is 28.2 Å². The van der Waals surface area contributed by atoms with Gasteiger partial charge >= 0.3 is 0 Å². The summed E-state index contributed by atoms with van der Waals surface area (Å²) in [5, 5.41) is 0. The van der Waals surface area contributed by atoms with Crippen LogP contribution in [0.5, 0.6) is 0 Å². The van der Waals surface area contributed by atoms with Crippen molar-refractivity contribution < 1.29 is 9.59 Å². The zero-order chi connectivity index (χ0) is 16.4. The highest BCUT2D eigenvalue weighted by molar-refractivity contribution is 7.14. The van der Waals surface area contributed by atoms with E-state index in [1.54, 1.807) is 12.1 Å². The fraction of sp³-hybridized carbons (Fsp3) is 0.333. The van der Waals surface area contributed by atoms with Crippen molar-refractivity contribution in [2.75, 3.05) is 0 Å². The number of carbonyl (C=O) groups excluding carboxylic acids is 2. The lowest BCUT2D eigenvalue weighted by Gasteiger charge is -2.16. The lowest BCUT2D eigenvalue weighted by Crippen LogP contribution is -2.41. The van der Waals surface area contributed by atoms with Crippen LogP contribution in [0.4, 0.5) is 0 Å². The van der Waals surface area contributed by atoms with Gasteiger partial charge in [0.05, 0.1) is 4.88 Å². The molecule has 1 aromatic heterocycles. The van der Waals surface area contributed by atoms with Gasteiger partial charge in [0.2, 0.25) is 0 Å². The summed E-state index contributed by atoms with van der Waals surface area (Å²) in [4.78, 5) is 26.2. The molecule has 0 aliphatic heterocycles. The van der Waals surface area contributed by atoms with Crippen molar-refractivity contribution in [3.8, 4) is 0 Å². The third-order valence-electron chi connectivity index (χ3n) is 4.16. The van der Waals surface area contributed by atoms with Gasteiger partial charge in [0.25, 0.3) is 11.8 Å². The summed E-state index contributed by atoms with van der Waals surface area (Å²) in [5.74, 6) is 0.111. The zero-order valence-electron chi connectivity index (χ0n) is 13.3. The molecule has 23 heavy (non-hydrogen) atoms. The first-order chi connectivity index (χ1) is 11.0. The van der Waals surface area contributed by atoms with Gasteiger partial charge in [-0.2, -0.15) is 0 Å². The maximum Gasteiger partial charge on any atom is 0.279 e. The number of nitrogens with one attached hydrogen (secondary N) is 2. The Labute approximate surface area is 139 Å². The second kappa shape index (κ2) is 6.54. The topological polar surface area (TPSA) is 58.2 Å². The van der Waals surface area contributed by atoms with Gasteiger partial charge in [-0.1, -0.05) is 24.6 Å². The minimum atomic E-state index is -0.312. The number of hydrogen-bond donors (Lipinski definition) is 2. The van der Waals surface area contributed by atoms with E-state index < -0.39 is 0 Å². The number of hydrazine groups is 1. The molecular formula is C18H20N2O2S. The van der Waals surface area contributed by atoms with Crippen molar-refractivity contribution in [2.45, 2.75) is 33.1 Å². The molecule has 1 aliphatic carbocycles. The molecule has 5 heteroatoms. The zero-order valence-corrected chi connectivity index (χ0v) is 14.1. The average Bonchev–Trinajstić information content (AvgIpc) is 2.96. The van der Waals surface area contributed by atoms with Gasteiger partial charge in [0.15, 0.2) is 0 Å². The molecule has 0 unspecified atom stereocenters. The van der Waals surface area contributed by atoms with Gasteiger partial charge in [-0.25, -0.2) is 0 Å². The van der Waals surface area contributed by atoms with Crippen molar-refractivity contribution in [3.05, 3.63) is 56.8 Å². The summed E-state index contributed by atoms with van der Waals surface area (Å²) >= 11 is 1.53. The Morgan fingerprint density at radius 2 is 1.83 bits per heavy atom. The Hall–Kier alpha value is -2.14. The van der Waals surface area contributed by atoms with E-state index in [1.807, 2.05) is 25.1 Å². The SMILES string of the molecule is Cc1ccc(C(=O)NNC(=O)c2cc3c(s2)CC[C@H](C)C3)cc1. The minimum absolute atomic E-state index is 0.252. The number of thiophene rings is 1. The van der Waals surface area contributed by atoms with E-state index >= 15 is 0 Å². The van der Waals surface area contributed by atoms with Crippen LogP contribution in [0, 0.1) is 12.8 Å². The maximum absolute atomic E-state index is 12.2. The number of aryl methyl sites for hydroxylation is 2. The number of rotatable bonds is 2. The number of amides is 2. The van der Waals surface area contributed by atoms with Crippen LogP contribution in [0.1, 0.15) is 49.4 Å². The van der Waals surface area contributed by atoms with Crippen LogP contribution in [0.15, 0.2) is 30.3 Å². The van der Waals surface area contributed by atoms with E-state index in [9.17, 15) is 9.59 Å². The Morgan fingerprint density at radius 3 is 2.57 bits per heavy atom. The molecule has 0 bridgehead atoms. The van der Waals surface area contributed by atoms with Crippen molar-refractivity contribution in [1.29, 1.82) is 0 Å². The molecule has 1 aliphatic rings. The van der Waals surface area contributed by atoms with Crippen molar-refractivity contribution in [2.24, 2.45) is 5.92 Å². The van der Waals surface area contributed by atoms with Crippen LogP contribution in [0.25, 0.3) is 0 Å². The summed E-state index contributed by atoms with van der Waals surface area (Å²) in [6.45, 7) is 4.20. The van der Waals surface area contributed by atoms with Crippen LogP contribution in [0.3, 0.4) is 0 Å². The smallest absolute Gasteiger partial charge is 0.267 e. The Kier molecular flexibility index (Phi) is 4.48. The van der Waals surface area contributed by atoms with E-state index in [-0.39, 0.29) is 11.8 Å².